The molecular weight excluding hydrogens is 336 g/mol. The molecule has 7 nitrogen and oxygen atoms in total. The summed E-state index contributed by atoms with van der Waals surface area (Å²) in [5.74, 6) is 0.531. The third-order valence-corrected chi connectivity index (χ3v) is 4.76. The van der Waals surface area contributed by atoms with Gasteiger partial charge in [-0.3, -0.25) is 4.79 Å². The summed E-state index contributed by atoms with van der Waals surface area (Å²) in [6, 6.07) is 0. The van der Waals surface area contributed by atoms with Gasteiger partial charge in [-0.15, -0.1) is 0 Å². The van der Waals surface area contributed by atoms with Crippen molar-refractivity contribution in [3.63, 3.8) is 0 Å². The Morgan fingerprint density at radius 2 is 2.05 bits per heavy atom. The molecule has 0 amide bonds. The molecule has 1 N–H and O–H groups in total. The molecule has 21 heavy (non-hydrogen) atoms. The van der Waals surface area contributed by atoms with Crippen LogP contribution in [0.2, 0.25) is 0 Å². The van der Waals surface area contributed by atoms with E-state index >= 15 is 0 Å². The van der Waals surface area contributed by atoms with Crippen molar-refractivity contribution in [3.05, 3.63) is 38.2 Å². The average molecular weight is 349 g/mol. The fourth-order valence-electron chi connectivity index (χ4n) is 2.99. The van der Waals surface area contributed by atoms with Gasteiger partial charge in [0.1, 0.15) is 17.1 Å². The van der Waals surface area contributed by atoms with Crippen molar-refractivity contribution in [2.45, 2.75) is 37.8 Å². The molecule has 0 radical (unpaired) electrons. The predicted molar refractivity (Wildman–Crippen MR) is 77.8 cm³/mol. The quantitative estimate of drug-likeness (QED) is 0.819. The number of H-pyrrole nitrogens is 1. The van der Waals surface area contributed by atoms with Gasteiger partial charge in [-0.2, -0.15) is 5.10 Å². The number of nitrogens with zero attached hydrogens (tertiary/aromatic N) is 5. The van der Waals surface area contributed by atoms with E-state index in [1.54, 1.807) is 0 Å². The monoisotopic (exact) mass is 348 g/mol. The van der Waals surface area contributed by atoms with Gasteiger partial charge in [-0.25, -0.2) is 19.7 Å². The molecule has 0 bridgehead atoms. The largest absolute Gasteiger partial charge is 0.322 e. The fraction of sp³-hybridized carbons (Fsp3) is 0.462. The van der Waals surface area contributed by atoms with E-state index in [2.05, 4.69) is 36.0 Å². The van der Waals surface area contributed by atoms with Crippen LogP contribution in [-0.2, 0) is 0 Å². The Labute approximate surface area is 128 Å². The number of nitrogens with one attached hydrogen (secondary N) is 1. The molecule has 1 aliphatic carbocycles. The van der Waals surface area contributed by atoms with Gasteiger partial charge in [0.05, 0.1) is 0 Å². The molecule has 2 aromatic heterocycles. The highest BCUT2D eigenvalue weighted by Gasteiger charge is 2.34. The van der Waals surface area contributed by atoms with Crippen LogP contribution in [-0.4, -0.2) is 25.4 Å². The molecule has 3 heterocycles. The second-order valence-corrected chi connectivity index (χ2v) is 6.21. The first-order chi connectivity index (χ1) is 10.2. The third kappa shape index (κ3) is 1.97. The molecule has 4 rings (SSSR count). The van der Waals surface area contributed by atoms with E-state index in [1.165, 1.54) is 23.8 Å². The minimum absolute atomic E-state index is 0.152. The van der Waals surface area contributed by atoms with Gasteiger partial charge in [-0.05, 0) is 41.6 Å². The number of fused-ring (bicyclic) bond motifs is 1. The lowest BCUT2D eigenvalue weighted by atomic mass is 9.90. The maximum Gasteiger partial charge on any atom is 0.225 e. The summed E-state index contributed by atoms with van der Waals surface area (Å²) in [4.78, 5) is 28.9. The van der Waals surface area contributed by atoms with E-state index in [4.69, 9.17) is 4.99 Å². The van der Waals surface area contributed by atoms with E-state index < -0.39 is 5.66 Å². The first-order valence-electron chi connectivity index (χ1n) is 6.95. The van der Waals surface area contributed by atoms with Gasteiger partial charge in [0.25, 0.3) is 0 Å². The van der Waals surface area contributed by atoms with E-state index in [-0.39, 0.29) is 5.43 Å². The summed E-state index contributed by atoms with van der Waals surface area (Å²) in [7, 11) is 0. The van der Waals surface area contributed by atoms with Crippen LogP contribution in [0.15, 0.2) is 31.9 Å². The van der Waals surface area contributed by atoms with E-state index in [0.29, 0.717) is 21.1 Å². The number of hydrogen-bond acceptors (Lipinski definition) is 5. The van der Waals surface area contributed by atoms with Crippen molar-refractivity contribution >= 4 is 15.9 Å². The van der Waals surface area contributed by atoms with Crippen LogP contribution in [0.1, 0.15) is 32.1 Å². The molecule has 1 fully saturated rings. The Hall–Kier alpha value is -1.83. The molecule has 2 aliphatic rings. The van der Waals surface area contributed by atoms with Crippen molar-refractivity contribution in [2.75, 3.05) is 0 Å². The number of hydrogen-bond donors (Lipinski definition) is 1. The zero-order valence-corrected chi connectivity index (χ0v) is 12.8. The standard InChI is InChI=1S/C13H13BrN6O/c14-8-10(21)9-11(17-12(8)20-7-15-6-16-20)19-13(18-9)4-2-1-3-5-13/h6-7H,1-5H2,(H,17,19). The van der Waals surface area contributed by atoms with Crippen LogP contribution in [0, 0.1) is 0 Å². The van der Waals surface area contributed by atoms with Gasteiger partial charge in [0, 0.05) is 0 Å². The van der Waals surface area contributed by atoms with Crippen molar-refractivity contribution in [2.24, 2.45) is 9.98 Å². The van der Waals surface area contributed by atoms with Gasteiger partial charge in [-0.1, -0.05) is 6.42 Å². The lowest BCUT2D eigenvalue weighted by molar-refractivity contribution is 0.308. The zero-order valence-electron chi connectivity index (χ0n) is 11.2. The maximum absolute atomic E-state index is 12.5. The van der Waals surface area contributed by atoms with E-state index in [9.17, 15) is 4.79 Å². The van der Waals surface area contributed by atoms with Crippen molar-refractivity contribution < 1.29 is 0 Å². The van der Waals surface area contributed by atoms with Crippen LogP contribution >= 0.6 is 15.9 Å². The highest BCUT2D eigenvalue weighted by Crippen LogP contribution is 2.32. The van der Waals surface area contributed by atoms with E-state index in [1.807, 2.05) is 0 Å². The molecule has 0 unspecified atom stereocenters. The molecule has 0 saturated heterocycles. The molecule has 2 aromatic rings. The van der Waals surface area contributed by atoms with E-state index in [0.717, 1.165) is 25.7 Å². The SMILES string of the molecule is O=c1c(Br)c(-n2cncn2)[nH]c2c1=NC1(CCCCC1)N=2. The van der Waals surface area contributed by atoms with Gasteiger partial charge in [0.2, 0.25) is 5.43 Å². The summed E-state index contributed by atoms with van der Waals surface area (Å²) in [5, 5.41) is 4.47. The van der Waals surface area contributed by atoms with Crippen LogP contribution < -0.4 is 16.3 Å². The van der Waals surface area contributed by atoms with Crippen LogP contribution in [0.3, 0.4) is 0 Å². The molecule has 1 saturated carbocycles. The van der Waals surface area contributed by atoms with Crippen molar-refractivity contribution in [1.29, 1.82) is 0 Å². The number of aromatic nitrogens is 4. The van der Waals surface area contributed by atoms with Crippen molar-refractivity contribution in [3.8, 4) is 5.82 Å². The minimum Gasteiger partial charge on any atom is -0.322 e. The van der Waals surface area contributed by atoms with Crippen LogP contribution in [0.5, 0.6) is 0 Å². The Bertz CT molecular complexity index is 863. The molecular formula is C13H13BrN6O. The zero-order chi connectivity index (χ0) is 14.4. The summed E-state index contributed by atoms with van der Waals surface area (Å²) >= 11 is 3.33. The number of halogens is 1. The molecule has 8 heteroatoms. The van der Waals surface area contributed by atoms with Gasteiger partial charge >= 0.3 is 0 Å². The first-order valence-corrected chi connectivity index (χ1v) is 7.74. The lowest BCUT2D eigenvalue weighted by Gasteiger charge is -2.26. The third-order valence-electron chi connectivity index (χ3n) is 4.03. The highest BCUT2D eigenvalue weighted by molar-refractivity contribution is 9.10. The molecule has 0 aromatic carbocycles. The Morgan fingerprint density at radius 3 is 2.76 bits per heavy atom. The summed E-state index contributed by atoms with van der Waals surface area (Å²) in [6.45, 7) is 0. The smallest absolute Gasteiger partial charge is 0.225 e. The highest BCUT2D eigenvalue weighted by atomic mass is 79.9. The average Bonchev–Trinajstić information content (AvgIpc) is 3.12. The Balaban J connectivity index is 1.96. The van der Waals surface area contributed by atoms with Crippen LogP contribution in [0.25, 0.3) is 5.82 Å². The summed E-state index contributed by atoms with van der Waals surface area (Å²) in [6.07, 6.45) is 8.19. The Morgan fingerprint density at radius 1 is 1.24 bits per heavy atom. The second kappa shape index (κ2) is 4.59. The summed E-state index contributed by atoms with van der Waals surface area (Å²) in [5.41, 5.74) is -0.0347. The molecule has 0 atom stereocenters. The molecule has 1 spiro atoms. The fourth-order valence-corrected chi connectivity index (χ4v) is 3.46. The van der Waals surface area contributed by atoms with Crippen LogP contribution in [0.4, 0.5) is 0 Å². The summed E-state index contributed by atoms with van der Waals surface area (Å²) < 4.78 is 1.91. The minimum atomic E-state index is -0.434. The molecule has 108 valence electrons. The van der Waals surface area contributed by atoms with Crippen molar-refractivity contribution in [1.82, 2.24) is 19.7 Å². The predicted octanol–water partition coefficient (Wildman–Crippen LogP) is 0.631. The number of aromatic amines is 1. The second-order valence-electron chi connectivity index (χ2n) is 5.42. The Kier molecular flexibility index (Phi) is 2.81. The maximum atomic E-state index is 12.5. The lowest BCUT2D eigenvalue weighted by Crippen LogP contribution is -2.41. The normalized spacial score (nSPS) is 19.1. The van der Waals surface area contributed by atoms with Gasteiger partial charge in [0.15, 0.2) is 22.3 Å². The van der Waals surface area contributed by atoms with Gasteiger partial charge < -0.3 is 4.98 Å². The topological polar surface area (TPSA) is 88.3 Å². The first kappa shape index (κ1) is 12.9. The number of pyridine rings is 1. The number of rotatable bonds is 1. The molecule has 1 aliphatic heterocycles.